The second kappa shape index (κ2) is 4.11. The van der Waals surface area contributed by atoms with Crippen molar-refractivity contribution in [3.05, 3.63) is 77.3 Å². The van der Waals surface area contributed by atoms with Gasteiger partial charge in [0, 0.05) is 6.54 Å². The molecule has 0 saturated carbocycles. The van der Waals surface area contributed by atoms with E-state index in [1.165, 1.54) is 22.7 Å². The van der Waals surface area contributed by atoms with Gasteiger partial charge in [0.15, 0.2) is 0 Å². The van der Waals surface area contributed by atoms with Crippen LogP contribution in [0.5, 0.6) is 0 Å². The summed E-state index contributed by atoms with van der Waals surface area (Å²) in [5.74, 6) is 0. The van der Waals surface area contributed by atoms with Gasteiger partial charge in [-0.3, -0.25) is 0 Å². The molecule has 0 bridgehead atoms. The number of hydrogen-bond donors (Lipinski definition) is 1. The van der Waals surface area contributed by atoms with Gasteiger partial charge in [-0.25, -0.2) is 0 Å². The average molecular weight is 208 g/mol. The number of rotatable bonds is 1. The van der Waals surface area contributed by atoms with Crippen LogP contribution in [-0.4, -0.2) is 6.54 Å². The lowest BCUT2D eigenvalue weighted by molar-refractivity contribution is 0.698. The van der Waals surface area contributed by atoms with Gasteiger partial charge in [0.25, 0.3) is 0 Å². The molecule has 1 aliphatic rings. The SMILES string of the molecule is c1ccc([C]2NCCc3ccccc32)cc1. The molecule has 0 spiro atoms. The Kier molecular flexibility index (Phi) is 2.47. The minimum absolute atomic E-state index is 1.03. The molecule has 1 radical (unpaired) electrons. The zero-order chi connectivity index (χ0) is 10.8. The van der Waals surface area contributed by atoms with Gasteiger partial charge < -0.3 is 5.32 Å². The molecular formula is C15H14N. The van der Waals surface area contributed by atoms with Gasteiger partial charge >= 0.3 is 0 Å². The third-order valence-electron chi connectivity index (χ3n) is 3.05. The first kappa shape index (κ1) is 9.61. The fraction of sp³-hybridized carbons (Fsp3) is 0.133. The first-order chi connectivity index (χ1) is 7.95. The van der Waals surface area contributed by atoms with Gasteiger partial charge in [-0.1, -0.05) is 54.6 Å². The van der Waals surface area contributed by atoms with Crippen molar-refractivity contribution < 1.29 is 0 Å². The summed E-state index contributed by atoms with van der Waals surface area (Å²) in [6.07, 6.45) is 1.12. The van der Waals surface area contributed by atoms with Crippen LogP contribution >= 0.6 is 0 Å². The summed E-state index contributed by atoms with van der Waals surface area (Å²) < 4.78 is 0. The monoisotopic (exact) mass is 208 g/mol. The lowest BCUT2D eigenvalue weighted by Crippen LogP contribution is -2.31. The van der Waals surface area contributed by atoms with Crippen LogP contribution in [0.25, 0.3) is 0 Å². The molecular weight excluding hydrogens is 194 g/mol. The van der Waals surface area contributed by atoms with Gasteiger partial charge in [0.1, 0.15) is 0 Å². The summed E-state index contributed by atoms with van der Waals surface area (Å²) in [6, 6.07) is 20.4. The van der Waals surface area contributed by atoms with Crippen LogP contribution in [0.4, 0.5) is 0 Å². The van der Waals surface area contributed by atoms with Crippen molar-refractivity contribution >= 4 is 0 Å². The van der Waals surface area contributed by atoms with E-state index >= 15 is 0 Å². The summed E-state index contributed by atoms with van der Waals surface area (Å²) >= 11 is 0. The lowest BCUT2D eigenvalue weighted by Gasteiger charge is -2.26. The molecule has 0 atom stereocenters. The van der Waals surface area contributed by atoms with Gasteiger partial charge in [0.05, 0.1) is 6.04 Å². The normalized spacial score (nSPS) is 15.8. The smallest absolute Gasteiger partial charge is 0.0963 e. The van der Waals surface area contributed by atoms with Crippen molar-refractivity contribution in [2.45, 2.75) is 6.42 Å². The van der Waals surface area contributed by atoms with Crippen LogP contribution in [0.1, 0.15) is 16.7 Å². The van der Waals surface area contributed by atoms with Gasteiger partial charge in [-0.2, -0.15) is 0 Å². The van der Waals surface area contributed by atoms with E-state index < -0.39 is 0 Å². The molecule has 2 aromatic carbocycles. The van der Waals surface area contributed by atoms with Crippen molar-refractivity contribution in [1.82, 2.24) is 5.32 Å². The van der Waals surface area contributed by atoms with Crippen LogP contribution in [-0.2, 0) is 6.42 Å². The maximum absolute atomic E-state index is 3.51. The Hall–Kier alpha value is -1.60. The van der Waals surface area contributed by atoms with Gasteiger partial charge in [-0.15, -0.1) is 0 Å². The van der Waals surface area contributed by atoms with Crippen LogP contribution in [0, 0.1) is 6.04 Å². The summed E-state index contributed by atoms with van der Waals surface area (Å²) in [5.41, 5.74) is 4.06. The summed E-state index contributed by atoms with van der Waals surface area (Å²) in [7, 11) is 0. The molecule has 2 aromatic rings. The molecule has 0 amide bonds. The average Bonchev–Trinajstić information content (AvgIpc) is 2.39. The molecule has 16 heavy (non-hydrogen) atoms. The maximum Gasteiger partial charge on any atom is 0.0963 e. The first-order valence-corrected chi connectivity index (χ1v) is 5.70. The second-order valence-corrected chi connectivity index (χ2v) is 4.07. The van der Waals surface area contributed by atoms with Crippen molar-refractivity contribution in [1.29, 1.82) is 0 Å². The summed E-state index contributed by atoms with van der Waals surface area (Å²) in [4.78, 5) is 0. The fourth-order valence-corrected chi connectivity index (χ4v) is 2.26. The Morgan fingerprint density at radius 1 is 0.812 bits per heavy atom. The van der Waals surface area contributed by atoms with E-state index in [0.717, 1.165) is 13.0 Å². The first-order valence-electron chi connectivity index (χ1n) is 5.70. The second-order valence-electron chi connectivity index (χ2n) is 4.07. The van der Waals surface area contributed by atoms with E-state index in [0.29, 0.717) is 0 Å². The van der Waals surface area contributed by atoms with Crippen molar-refractivity contribution in [3.63, 3.8) is 0 Å². The molecule has 3 rings (SSSR count). The summed E-state index contributed by atoms with van der Waals surface area (Å²) in [5, 5.41) is 3.51. The molecule has 1 N–H and O–H groups in total. The predicted octanol–water partition coefficient (Wildman–Crippen LogP) is 2.76. The molecule has 0 saturated heterocycles. The standard InChI is InChI=1S/C15H14N/c1-2-7-13(8-3-1)15-14-9-5-4-6-12(14)10-11-16-15/h1-9,16H,10-11H2. The molecule has 1 nitrogen and oxygen atoms in total. The highest BCUT2D eigenvalue weighted by Crippen LogP contribution is 2.27. The van der Waals surface area contributed by atoms with Crippen LogP contribution in [0.2, 0.25) is 0 Å². The topological polar surface area (TPSA) is 12.0 Å². The number of nitrogens with one attached hydrogen (secondary N) is 1. The Labute approximate surface area is 96.1 Å². The van der Waals surface area contributed by atoms with Crippen LogP contribution in [0.3, 0.4) is 0 Å². The van der Waals surface area contributed by atoms with E-state index in [-0.39, 0.29) is 0 Å². The Balaban J connectivity index is 2.05. The minimum atomic E-state index is 1.03. The molecule has 1 aliphatic heterocycles. The molecule has 0 aromatic heterocycles. The van der Waals surface area contributed by atoms with Crippen molar-refractivity contribution in [3.8, 4) is 0 Å². The minimum Gasteiger partial charge on any atom is -0.301 e. The summed E-state index contributed by atoms with van der Waals surface area (Å²) in [6.45, 7) is 1.03. The Bertz CT molecular complexity index is 476. The molecule has 0 aliphatic carbocycles. The quantitative estimate of drug-likeness (QED) is 0.760. The third-order valence-corrected chi connectivity index (χ3v) is 3.05. The number of fused-ring (bicyclic) bond motifs is 1. The van der Waals surface area contributed by atoms with Gasteiger partial charge in [0.2, 0.25) is 0 Å². The fourth-order valence-electron chi connectivity index (χ4n) is 2.26. The van der Waals surface area contributed by atoms with E-state index in [1.807, 2.05) is 0 Å². The van der Waals surface area contributed by atoms with Crippen LogP contribution < -0.4 is 5.32 Å². The van der Waals surface area contributed by atoms with Gasteiger partial charge in [-0.05, 0) is 23.1 Å². The predicted molar refractivity (Wildman–Crippen MR) is 66.0 cm³/mol. The molecule has 0 unspecified atom stereocenters. The molecule has 79 valence electrons. The molecule has 1 heteroatoms. The zero-order valence-corrected chi connectivity index (χ0v) is 9.11. The lowest BCUT2D eigenvalue weighted by atomic mass is 9.90. The Morgan fingerprint density at radius 3 is 2.44 bits per heavy atom. The maximum atomic E-state index is 3.51. The van der Waals surface area contributed by atoms with E-state index in [1.54, 1.807) is 0 Å². The van der Waals surface area contributed by atoms with E-state index in [4.69, 9.17) is 0 Å². The zero-order valence-electron chi connectivity index (χ0n) is 9.11. The van der Waals surface area contributed by atoms with E-state index in [9.17, 15) is 0 Å². The molecule has 0 fully saturated rings. The van der Waals surface area contributed by atoms with E-state index in [2.05, 4.69) is 59.9 Å². The highest BCUT2D eigenvalue weighted by atomic mass is 14.9. The highest BCUT2D eigenvalue weighted by Gasteiger charge is 2.21. The van der Waals surface area contributed by atoms with Crippen molar-refractivity contribution in [2.24, 2.45) is 0 Å². The number of benzene rings is 2. The van der Waals surface area contributed by atoms with Crippen LogP contribution in [0.15, 0.2) is 54.6 Å². The third kappa shape index (κ3) is 1.63. The van der Waals surface area contributed by atoms with Crippen molar-refractivity contribution in [2.75, 3.05) is 6.54 Å². The number of hydrogen-bond acceptors (Lipinski definition) is 1. The largest absolute Gasteiger partial charge is 0.301 e. The highest BCUT2D eigenvalue weighted by molar-refractivity contribution is 5.50. The Morgan fingerprint density at radius 2 is 1.56 bits per heavy atom. The molecule has 1 heterocycles.